The van der Waals surface area contributed by atoms with Gasteiger partial charge in [0.1, 0.15) is 11.6 Å². The number of benzene rings is 1. The molecule has 4 nitrogen and oxygen atoms in total. The van der Waals surface area contributed by atoms with Crippen LogP contribution in [0, 0.1) is 0 Å². The highest BCUT2D eigenvalue weighted by Gasteiger charge is 2.26. The largest absolute Gasteiger partial charge is 0.497 e. The molecule has 1 N–H and O–H groups in total. The average molecular weight is 257 g/mol. The van der Waals surface area contributed by atoms with Crippen molar-refractivity contribution in [3.8, 4) is 5.75 Å². The van der Waals surface area contributed by atoms with Crippen molar-refractivity contribution in [2.75, 3.05) is 13.7 Å². The van der Waals surface area contributed by atoms with Crippen LogP contribution in [0.5, 0.6) is 5.75 Å². The Morgan fingerprint density at radius 3 is 2.89 bits per heavy atom. The van der Waals surface area contributed by atoms with Gasteiger partial charge in [-0.3, -0.25) is 4.90 Å². The highest BCUT2D eigenvalue weighted by atomic mass is 16.5. The first-order valence-electron chi connectivity index (χ1n) is 6.73. The molecular weight excluding hydrogens is 238 g/mol. The summed E-state index contributed by atoms with van der Waals surface area (Å²) in [5.41, 5.74) is 1.37. The van der Waals surface area contributed by atoms with Crippen LogP contribution in [-0.2, 0) is 6.54 Å². The van der Waals surface area contributed by atoms with Gasteiger partial charge in [-0.2, -0.15) is 0 Å². The van der Waals surface area contributed by atoms with Crippen LogP contribution < -0.4 is 4.74 Å². The van der Waals surface area contributed by atoms with Crippen LogP contribution >= 0.6 is 0 Å². The van der Waals surface area contributed by atoms with E-state index in [9.17, 15) is 0 Å². The van der Waals surface area contributed by atoms with Crippen LogP contribution in [0.25, 0.3) is 0 Å². The summed E-state index contributed by atoms with van der Waals surface area (Å²) < 4.78 is 5.22. The monoisotopic (exact) mass is 257 g/mol. The molecule has 1 saturated heterocycles. The van der Waals surface area contributed by atoms with Crippen molar-refractivity contribution in [3.63, 3.8) is 0 Å². The zero-order chi connectivity index (χ0) is 13.1. The van der Waals surface area contributed by atoms with E-state index in [0.29, 0.717) is 6.04 Å². The molecule has 1 aromatic heterocycles. The number of hydrogen-bond donors (Lipinski definition) is 1. The van der Waals surface area contributed by atoms with Crippen molar-refractivity contribution in [1.29, 1.82) is 0 Å². The average Bonchev–Trinajstić information content (AvgIpc) is 3.11. The number of rotatable bonds is 4. The fraction of sp³-hybridized carbons (Fsp3) is 0.400. The molecule has 2 heterocycles. The molecule has 19 heavy (non-hydrogen) atoms. The molecule has 3 rings (SSSR count). The fourth-order valence-electron chi connectivity index (χ4n) is 2.80. The molecule has 1 aliphatic rings. The van der Waals surface area contributed by atoms with E-state index in [1.165, 1.54) is 18.4 Å². The van der Waals surface area contributed by atoms with Gasteiger partial charge < -0.3 is 9.72 Å². The molecule has 1 fully saturated rings. The Hall–Kier alpha value is -1.81. The van der Waals surface area contributed by atoms with Crippen molar-refractivity contribution in [2.45, 2.75) is 25.4 Å². The van der Waals surface area contributed by atoms with Gasteiger partial charge in [-0.15, -0.1) is 0 Å². The highest BCUT2D eigenvalue weighted by Crippen LogP contribution is 2.33. The number of H-pyrrole nitrogens is 1. The van der Waals surface area contributed by atoms with E-state index in [2.05, 4.69) is 27.0 Å². The van der Waals surface area contributed by atoms with Crippen molar-refractivity contribution < 1.29 is 4.74 Å². The molecule has 0 bridgehead atoms. The Labute approximate surface area is 113 Å². The summed E-state index contributed by atoms with van der Waals surface area (Å²) in [5, 5.41) is 0. The van der Waals surface area contributed by atoms with Gasteiger partial charge in [0.2, 0.25) is 0 Å². The van der Waals surface area contributed by atoms with Crippen LogP contribution in [0.3, 0.4) is 0 Å². The van der Waals surface area contributed by atoms with Crippen LogP contribution in [0.2, 0.25) is 0 Å². The van der Waals surface area contributed by atoms with E-state index >= 15 is 0 Å². The minimum absolute atomic E-state index is 0.496. The quantitative estimate of drug-likeness (QED) is 0.915. The number of likely N-dealkylation sites (tertiary alicyclic amines) is 1. The minimum Gasteiger partial charge on any atom is -0.497 e. The lowest BCUT2D eigenvalue weighted by Gasteiger charge is -2.24. The molecule has 1 atom stereocenters. The van der Waals surface area contributed by atoms with Crippen molar-refractivity contribution in [1.82, 2.24) is 14.9 Å². The third-order valence-corrected chi connectivity index (χ3v) is 3.77. The summed E-state index contributed by atoms with van der Waals surface area (Å²) in [6.07, 6.45) is 6.16. The predicted molar refractivity (Wildman–Crippen MR) is 74.0 cm³/mol. The first kappa shape index (κ1) is 12.2. The zero-order valence-electron chi connectivity index (χ0n) is 11.2. The lowest BCUT2D eigenvalue weighted by molar-refractivity contribution is 0.243. The van der Waals surface area contributed by atoms with E-state index in [4.69, 9.17) is 4.74 Å². The Kier molecular flexibility index (Phi) is 3.51. The standard InChI is InChI=1S/C15H19N3O/c1-19-13-6-4-12(5-7-13)14-3-2-10-18(14)11-15-16-8-9-17-15/h4-9,14H,2-3,10-11H2,1H3,(H,16,17)/t14-/m1/s1. The maximum atomic E-state index is 5.22. The molecule has 0 spiro atoms. The second-order valence-electron chi connectivity index (χ2n) is 4.94. The second-order valence-corrected chi connectivity index (χ2v) is 4.94. The summed E-state index contributed by atoms with van der Waals surface area (Å²) in [6, 6.07) is 8.92. The smallest absolute Gasteiger partial charge is 0.120 e. The van der Waals surface area contributed by atoms with Crippen LogP contribution in [0.1, 0.15) is 30.3 Å². The number of aromatic nitrogens is 2. The van der Waals surface area contributed by atoms with Crippen molar-refractivity contribution in [3.05, 3.63) is 48.0 Å². The van der Waals surface area contributed by atoms with Gasteiger partial charge in [0.15, 0.2) is 0 Å². The van der Waals surface area contributed by atoms with Crippen LogP contribution in [0.4, 0.5) is 0 Å². The summed E-state index contributed by atoms with van der Waals surface area (Å²) >= 11 is 0. The Balaban J connectivity index is 1.74. The molecule has 0 amide bonds. The molecule has 0 aliphatic carbocycles. The Morgan fingerprint density at radius 1 is 1.37 bits per heavy atom. The number of nitrogens with one attached hydrogen (secondary N) is 1. The molecule has 100 valence electrons. The normalized spacial score (nSPS) is 19.7. The van der Waals surface area contributed by atoms with Gasteiger partial charge in [-0.05, 0) is 37.1 Å². The SMILES string of the molecule is COc1ccc([C@H]2CCCN2Cc2ncc[nH]2)cc1. The molecule has 4 heteroatoms. The van der Waals surface area contributed by atoms with E-state index in [0.717, 1.165) is 24.7 Å². The molecular formula is C15H19N3O. The van der Waals surface area contributed by atoms with Gasteiger partial charge >= 0.3 is 0 Å². The van der Waals surface area contributed by atoms with Gasteiger partial charge in [0.25, 0.3) is 0 Å². The van der Waals surface area contributed by atoms with Crippen molar-refractivity contribution in [2.24, 2.45) is 0 Å². The van der Waals surface area contributed by atoms with Gasteiger partial charge in [-0.1, -0.05) is 12.1 Å². The number of nitrogens with zero attached hydrogens (tertiary/aromatic N) is 2. The zero-order valence-corrected chi connectivity index (χ0v) is 11.2. The first-order valence-corrected chi connectivity index (χ1v) is 6.73. The van der Waals surface area contributed by atoms with Crippen LogP contribution in [0.15, 0.2) is 36.7 Å². The molecule has 2 aromatic rings. The third kappa shape index (κ3) is 2.63. The Bertz CT molecular complexity index is 507. The number of methoxy groups -OCH3 is 1. The van der Waals surface area contributed by atoms with E-state index < -0.39 is 0 Å². The molecule has 0 saturated carbocycles. The number of imidazole rings is 1. The number of hydrogen-bond acceptors (Lipinski definition) is 3. The van der Waals surface area contributed by atoms with Crippen LogP contribution in [-0.4, -0.2) is 28.5 Å². The summed E-state index contributed by atoms with van der Waals surface area (Å²) in [7, 11) is 1.70. The molecule has 1 aromatic carbocycles. The first-order chi connectivity index (χ1) is 9.36. The van der Waals surface area contributed by atoms with Crippen molar-refractivity contribution >= 4 is 0 Å². The predicted octanol–water partition coefficient (Wildman–Crippen LogP) is 2.76. The molecule has 1 aliphatic heterocycles. The summed E-state index contributed by atoms with van der Waals surface area (Å²) in [6.45, 7) is 2.03. The topological polar surface area (TPSA) is 41.1 Å². The second kappa shape index (κ2) is 5.45. The molecule has 0 unspecified atom stereocenters. The van der Waals surface area contributed by atoms with E-state index in [-0.39, 0.29) is 0 Å². The number of ether oxygens (including phenoxy) is 1. The highest BCUT2D eigenvalue weighted by molar-refractivity contribution is 5.29. The van der Waals surface area contributed by atoms with E-state index in [1.807, 2.05) is 24.5 Å². The minimum atomic E-state index is 0.496. The molecule has 0 radical (unpaired) electrons. The Morgan fingerprint density at radius 2 is 2.21 bits per heavy atom. The fourth-order valence-corrected chi connectivity index (χ4v) is 2.80. The van der Waals surface area contributed by atoms with Gasteiger partial charge in [0.05, 0.1) is 13.7 Å². The number of aromatic amines is 1. The van der Waals surface area contributed by atoms with E-state index in [1.54, 1.807) is 7.11 Å². The van der Waals surface area contributed by atoms with Gasteiger partial charge in [0, 0.05) is 18.4 Å². The maximum Gasteiger partial charge on any atom is 0.120 e. The third-order valence-electron chi connectivity index (χ3n) is 3.77. The summed E-state index contributed by atoms with van der Waals surface area (Å²) in [5.74, 6) is 1.96. The lowest BCUT2D eigenvalue weighted by atomic mass is 10.0. The van der Waals surface area contributed by atoms with Gasteiger partial charge in [-0.25, -0.2) is 4.98 Å². The lowest BCUT2D eigenvalue weighted by Crippen LogP contribution is -2.23. The summed E-state index contributed by atoms with van der Waals surface area (Å²) in [4.78, 5) is 9.99. The maximum absolute atomic E-state index is 5.22.